The fourth-order valence-electron chi connectivity index (χ4n) is 1.47. The molecule has 1 unspecified atom stereocenters. The topological polar surface area (TPSA) is 54.9 Å². The van der Waals surface area contributed by atoms with Crippen LogP contribution in [0.3, 0.4) is 0 Å². The highest BCUT2D eigenvalue weighted by Crippen LogP contribution is 2.20. The molecule has 0 radical (unpaired) electrons. The number of amides is 1. The molecule has 4 nitrogen and oxygen atoms in total. The Bertz CT molecular complexity index is 607. The van der Waals surface area contributed by atoms with Crippen molar-refractivity contribution in [1.82, 2.24) is 9.97 Å². The number of carbonyl (C=O) groups excluding carboxylic acids is 1. The molecule has 1 amide bonds. The summed E-state index contributed by atoms with van der Waals surface area (Å²) in [6, 6.07) is 6.32. The predicted octanol–water partition coefficient (Wildman–Crippen LogP) is 3.04. The Labute approximate surface area is 120 Å². The first-order valence-electron chi connectivity index (χ1n) is 6.07. The number of aryl methyl sites for hydroxylation is 1. The molecule has 0 aliphatic heterocycles. The second kappa shape index (κ2) is 6.47. The summed E-state index contributed by atoms with van der Waals surface area (Å²) in [5.74, 6) is -0.555. The number of rotatable bonds is 4. The maximum Gasteiger partial charge on any atom is 0.237 e. The maximum absolute atomic E-state index is 13.4. The third-order valence-electron chi connectivity index (χ3n) is 2.63. The highest BCUT2D eigenvalue weighted by molar-refractivity contribution is 8.00. The van der Waals surface area contributed by atoms with Crippen LogP contribution >= 0.6 is 11.8 Å². The minimum Gasteiger partial charge on any atom is -0.325 e. The molecule has 0 aliphatic carbocycles. The molecule has 0 spiro atoms. The number of benzene rings is 1. The summed E-state index contributed by atoms with van der Waals surface area (Å²) in [6.07, 6.45) is 3.24. The predicted molar refractivity (Wildman–Crippen MR) is 77.1 cm³/mol. The first-order chi connectivity index (χ1) is 9.56. The van der Waals surface area contributed by atoms with Gasteiger partial charge in [0.25, 0.3) is 0 Å². The SMILES string of the molecule is Cc1ccc(NC(=O)C(C)Sc2ncccn2)cc1F. The van der Waals surface area contributed by atoms with E-state index in [4.69, 9.17) is 0 Å². The largest absolute Gasteiger partial charge is 0.325 e. The summed E-state index contributed by atoms with van der Waals surface area (Å²) in [5, 5.41) is 2.83. The fourth-order valence-corrected chi connectivity index (χ4v) is 2.20. The number of carbonyl (C=O) groups is 1. The smallest absolute Gasteiger partial charge is 0.237 e. The van der Waals surface area contributed by atoms with E-state index < -0.39 is 0 Å². The summed E-state index contributed by atoms with van der Waals surface area (Å²) >= 11 is 1.25. The molecular formula is C14H14FN3OS. The van der Waals surface area contributed by atoms with E-state index in [-0.39, 0.29) is 17.0 Å². The number of nitrogens with one attached hydrogen (secondary N) is 1. The molecule has 0 fully saturated rings. The third-order valence-corrected chi connectivity index (χ3v) is 3.62. The van der Waals surface area contributed by atoms with Crippen LogP contribution in [0.4, 0.5) is 10.1 Å². The van der Waals surface area contributed by atoms with Gasteiger partial charge in [0.05, 0.1) is 5.25 Å². The van der Waals surface area contributed by atoms with Gasteiger partial charge in [-0.2, -0.15) is 0 Å². The zero-order valence-electron chi connectivity index (χ0n) is 11.1. The molecule has 2 rings (SSSR count). The third kappa shape index (κ3) is 3.77. The zero-order valence-corrected chi connectivity index (χ0v) is 11.9. The van der Waals surface area contributed by atoms with Crippen LogP contribution in [0.25, 0.3) is 0 Å². The van der Waals surface area contributed by atoms with Gasteiger partial charge in [0.15, 0.2) is 5.16 Å². The molecule has 0 saturated heterocycles. The summed E-state index contributed by atoms with van der Waals surface area (Å²) in [6.45, 7) is 3.42. The van der Waals surface area contributed by atoms with Gasteiger partial charge in [-0.3, -0.25) is 4.79 Å². The van der Waals surface area contributed by atoms with Gasteiger partial charge < -0.3 is 5.32 Å². The fraction of sp³-hybridized carbons (Fsp3) is 0.214. The van der Waals surface area contributed by atoms with E-state index >= 15 is 0 Å². The van der Waals surface area contributed by atoms with Gasteiger partial charge in [-0.25, -0.2) is 14.4 Å². The van der Waals surface area contributed by atoms with E-state index in [0.717, 1.165) is 0 Å². The van der Waals surface area contributed by atoms with Crippen LogP contribution in [0.15, 0.2) is 41.8 Å². The number of aromatic nitrogens is 2. The van der Waals surface area contributed by atoms with Crippen molar-refractivity contribution >= 4 is 23.4 Å². The summed E-state index contributed by atoms with van der Waals surface area (Å²) < 4.78 is 13.4. The van der Waals surface area contributed by atoms with E-state index in [9.17, 15) is 9.18 Å². The van der Waals surface area contributed by atoms with Crippen LogP contribution in [0.2, 0.25) is 0 Å². The Hall–Kier alpha value is -1.95. The number of hydrogen-bond acceptors (Lipinski definition) is 4. The Balaban J connectivity index is 1.99. The zero-order chi connectivity index (χ0) is 14.5. The minimum absolute atomic E-state index is 0.217. The van der Waals surface area contributed by atoms with Crippen LogP contribution in [-0.2, 0) is 4.79 Å². The lowest BCUT2D eigenvalue weighted by atomic mass is 10.2. The van der Waals surface area contributed by atoms with Gasteiger partial charge in [-0.05, 0) is 37.6 Å². The standard InChI is InChI=1S/C14H14FN3OS/c1-9-4-5-11(8-12(9)15)18-13(19)10(2)20-14-16-6-3-7-17-14/h3-8,10H,1-2H3,(H,18,19). The number of halogens is 1. The molecule has 1 aromatic carbocycles. The monoisotopic (exact) mass is 291 g/mol. The normalized spacial score (nSPS) is 11.9. The van der Waals surface area contributed by atoms with Gasteiger partial charge in [0.2, 0.25) is 5.91 Å². The van der Waals surface area contributed by atoms with Crippen molar-refractivity contribution in [2.24, 2.45) is 0 Å². The molecule has 6 heteroatoms. The van der Waals surface area contributed by atoms with Crippen LogP contribution in [0, 0.1) is 12.7 Å². The van der Waals surface area contributed by atoms with Crippen LogP contribution in [-0.4, -0.2) is 21.1 Å². The lowest BCUT2D eigenvalue weighted by Crippen LogP contribution is -2.22. The van der Waals surface area contributed by atoms with Gasteiger partial charge in [-0.1, -0.05) is 17.8 Å². The average Bonchev–Trinajstić information content (AvgIpc) is 2.44. The van der Waals surface area contributed by atoms with Crippen molar-refractivity contribution in [3.05, 3.63) is 48.0 Å². The van der Waals surface area contributed by atoms with Crippen LogP contribution in [0.5, 0.6) is 0 Å². The Kier molecular flexibility index (Phi) is 4.68. The van der Waals surface area contributed by atoms with E-state index in [1.165, 1.54) is 17.8 Å². The molecule has 104 valence electrons. The molecule has 1 aromatic heterocycles. The Morgan fingerprint density at radius 3 is 2.70 bits per heavy atom. The number of anilines is 1. The Morgan fingerprint density at radius 2 is 2.05 bits per heavy atom. The summed E-state index contributed by atoms with van der Waals surface area (Å²) in [5.41, 5.74) is 0.989. The van der Waals surface area contributed by atoms with Crippen molar-refractivity contribution in [2.45, 2.75) is 24.3 Å². The van der Waals surface area contributed by atoms with Gasteiger partial charge in [-0.15, -0.1) is 0 Å². The number of hydrogen-bond donors (Lipinski definition) is 1. The second-order valence-electron chi connectivity index (χ2n) is 4.24. The van der Waals surface area contributed by atoms with Crippen LogP contribution < -0.4 is 5.32 Å². The van der Waals surface area contributed by atoms with E-state index in [0.29, 0.717) is 16.4 Å². The van der Waals surface area contributed by atoms with Crippen molar-refractivity contribution in [3.8, 4) is 0 Å². The van der Waals surface area contributed by atoms with Gasteiger partial charge in [0, 0.05) is 18.1 Å². The average molecular weight is 291 g/mol. The van der Waals surface area contributed by atoms with Gasteiger partial charge >= 0.3 is 0 Å². The van der Waals surface area contributed by atoms with E-state index in [2.05, 4.69) is 15.3 Å². The second-order valence-corrected chi connectivity index (χ2v) is 5.55. The summed E-state index contributed by atoms with van der Waals surface area (Å²) in [7, 11) is 0. The molecule has 0 saturated carbocycles. The van der Waals surface area contributed by atoms with Crippen molar-refractivity contribution in [1.29, 1.82) is 0 Å². The quantitative estimate of drug-likeness (QED) is 0.695. The van der Waals surface area contributed by atoms with Gasteiger partial charge in [0.1, 0.15) is 5.82 Å². The Morgan fingerprint density at radius 1 is 1.35 bits per heavy atom. The van der Waals surface area contributed by atoms with Crippen molar-refractivity contribution in [3.63, 3.8) is 0 Å². The van der Waals surface area contributed by atoms with Crippen LogP contribution in [0.1, 0.15) is 12.5 Å². The molecule has 1 atom stereocenters. The van der Waals surface area contributed by atoms with Crippen molar-refractivity contribution in [2.75, 3.05) is 5.32 Å². The first kappa shape index (κ1) is 14.5. The molecular weight excluding hydrogens is 277 g/mol. The highest BCUT2D eigenvalue weighted by atomic mass is 32.2. The lowest BCUT2D eigenvalue weighted by Gasteiger charge is -2.11. The molecule has 2 aromatic rings. The molecule has 1 N–H and O–H groups in total. The molecule has 0 bridgehead atoms. The van der Waals surface area contributed by atoms with E-state index in [1.807, 2.05) is 0 Å². The first-order valence-corrected chi connectivity index (χ1v) is 6.95. The molecule has 0 aliphatic rings. The van der Waals surface area contributed by atoms with E-state index in [1.54, 1.807) is 44.4 Å². The lowest BCUT2D eigenvalue weighted by molar-refractivity contribution is -0.115. The number of thioether (sulfide) groups is 1. The minimum atomic E-state index is -0.373. The summed E-state index contributed by atoms with van der Waals surface area (Å²) in [4.78, 5) is 20.1. The molecule has 20 heavy (non-hydrogen) atoms. The van der Waals surface area contributed by atoms with Crippen molar-refractivity contribution < 1.29 is 9.18 Å². The number of nitrogens with zero attached hydrogens (tertiary/aromatic N) is 2. The highest BCUT2D eigenvalue weighted by Gasteiger charge is 2.16. The molecule has 1 heterocycles. The maximum atomic E-state index is 13.4.